The molecule has 0 aliphatic rings. The summed E-state index contributed by atoms with van der Waals surface area (Å²) in [5, 5.41) is 25.4. The van der Waals surface area contributed by atoms with Crippen molar-refractivity contribution in [1.82, 2.24) is 0 Å². The van der Waals surface area contributed by atoms with Crippen molar-refractivity contribution in [1.29, 1.82) is 0 Å². The second kappa shape index (κ2) is 3.83. The van der Waals surface area contributed by atoms with E-state index in [9.17, 15) is 0 Å². The molecule has 0 saturated heterocycles. The zero-order valence-electron chi connectivity index (χ0n) is 4.83. The van der Waals surface area contributed by atoms with Crippen LogP contribution in [0.2, 0.25) is 0 Å². The van der Waals surface area contributed by atoms with E-state index in [0.717, 1.165) is 0 Å². The average Bonchev–Trinajstić information content (AvgIpc) is 1.84. The highest BCUT2D eigenvalue weighted by molar-refractivity contribution is 4.81. The van der Waals surface area contributed by atoms with Gasteiger partial charge in [-0.15, -0.1) is 0 Å². The molecule has 3 nitrogen and oxygen atoms in total. The highest BCUT2D eigenvalue weighted by Crippen LogP contribution is 2.04. The van der Waals surface area contributed by atoms with Gasteiger partial charge in [0.25, 0.3) is 0 Å². The van der Waals surface area contributed by atoms with Gasteiger partial charge in [-0.3, -0.25) is 0 Å². The van der Waals surface area contributed by atoms with Crippen LogP contribution in [0, 0.1) is 6.10 Å². The van der Waals surface area contributed by atoms with Crippen molar-refractivity contribution < 1.29 is 15.3 Å². The second-order valence-corrected chi connectivity index (χ2v) is 1.54. The molecule has 1 atom stereocenters. The predicted molar refractivity (Wildman–Crippen MR) is 28.6 cm³/mol. The lowest BCUT2D eigenvalue weighted by Crippen LogP contribution is -2.20. The normalized spacial score (nSPS) is 14.6. The van der Waals surface area contributed by atoms with Crippen LogP contribution >= 0.6 is 0 Å². The molecule has 0 aromatic rings. The van der Waals surface area contributed by atoms with Gasteiger partial charge in [0.15, 0.2) is 0 Å². The van der Waals surface area contributed by atoms with E-state index in [0.29, 0.717) is 6.42 Å². The van der Waals surface area contributed by atoms with Crippen molar-refractivity contribution in [2.45, 2.75) is 19.4 Å². The average molecular weight is 119 g/mol. The van der Waals surface area contributed by atoms with E-state index < -0.39 is 12.7 Å². The van der Waals surface area contributed by atoms with Gasteiger partial charge in [0.05, 0.1) is 6.61 Å². The predicted octanol–water partition coefficient (Wildman–Crippen LogP) is -0.346. The van der Waals surface area contributed by atoms with E-state index in [1.165, 1.54) is 0 Å². The van der Waals surface area contributed by atoms with Crippen LogP contribution in [0.3, 0.4) is 0 Å². The fraction of sp³-hybridized carbons (Fsp3) is 0.800. The number of rotatable bonds is 3. The van der Waals surface area contributed by atoms with Crippen LogP contribution < -0.4 is 0 Å². The SMILES string of the molecule is CC[C](O)C(O)CO. The molecule has 0 aromatic heterocycles. The summed E-state index contributed by atoms with van der Waals surface area (Å²) < 4.78 is 0. The first kappa shape index (κ1) is 7.88. The fourth-order valence-electron chi connectivity index (χ4n) is 0.341. The molecule has 0 bridgehead atoms. The Bertz CT molecular complexity index is 47.6. The van der Waals surface area contributed by atoms with Gasteiger partial charge in [0.1, 0.15) is 12.2 Å². The molecular formula is C5H11O3. The number of hydrogen-bond donors (Lipinski definition) is 3. The van der Waals surface area contributed by atoms with Crippen LogP contribution in [0.15, 0.2) is 0 Å². The Balaban J connectivity index is 3.29. The topological polar surface area (TPSA) is 60.7 Å². The zero-order chi connectivity index (χ0) is 6.57. The summed E-state index contributed by atoms with van der Waals surface area (Å²) >= 11 is 0. The lowest BCUT2D eigenvalue weighted by molar-refractivity contribution is 0.0453. The summed E-state index contributed by atoms with van der Waals surface area (Å²) in [6, 6.07) is 0. The molecule has 0 aliphatic heterocycles. The highest BCUT2D eigenvalue weighted by Gasteiger charge is 2.12. The van der Waals surface area contributed by atoms with Crippen LogP contribution in [-0.2, 0) is 0 Å². The standard InChI is InChI=1S/C5H11O3/c1-2-4(7)5(8)3-6/h5-8H,2-3H2,1H3. The summed E-state index contributed by atoms with van der Waals surface area (Å²) in [5.41, 5.74) is 0. The monoisotopic (exact) mass is 119 g/mol. The molecule has 8 heavy (non-hydrogen) atoms. The number of aliphatic hydroxyl groups excluding tert-OH is 3. The van der Waals surface area contributed by atoms with E-state index in [-0.39, 0.29) is 6.10 Å². The molecule has 0 aliphatic carbocycles. The molecule has 1 unspecified atom stereocenters. The van der Waals surface area contributed by atoms with Crippen LogP contribution in [0.4, 0.5) is 0 Å². The third-order valence-electron chi connectivity index (χ3n) is 0.920. The van der Waals surface area contributed by atoms with Crippen molar-refractivity contribution >= 4 is 0 Å². The number of aliphatic hydroxyl groups is 3. The molecule has 0 fully saturated rings. The van der Waals surface area contributed by atoms with Crippen molar-refractivity contribution in [3.8, 4) is 0 Å². The minimum Gasteiger partial charge on any atom is -0.394 e. The summed E-state index contributed by atoms with van der Waals surface area (Å²) in [7, 11) is 0. The summed E-state index contributed by atoms with van der Waals surface area (Å²) in [6.07, 6.45) is -0.727. The molecule has 3 N–H and O–H groups in total. The Morgan fingerprint density at radius 1 is 1.62 bits per heavy atom. The van der Waals surface area contributed by atoms with Crippen molar-refractivity contribution in [2.75, 3.05) is 6.61 Å². The van der Waals surface area contributed by atoms with E-state index in [4.69, 9.17) is 15.3 Å². The van der Waals surface area contributed by atoms with Crippen LogP contribution in [0.25, 0.3) is 0 Å². The first-order valence-corrected chi connectivity index (χ1v) is 2.56. The van der Waals surface area contributed by atoms with E-state index in [2.05, 4.69) is 0 Å². The van der Waals surface area contributed by atoms with Crippen LogP contribution in [0.5, 0.6) is 0 Å². The Morgan fingerprint density at radius 2 is 2.12 bits per heavy atom. The Hall–Kier alpha value is -0.120. The van der Waals surface area contributed by atoms with Gasteiger partial charge in [-0.05, 0) is 6.42 Å². The molecule has 1 radical (unpaired) electrons. The Morgan fingerprint density at radius 3 is 2.25 bits per heavy atom. The minimum absolute atomic E-state index is 0.0625. The van der Waals surface area contributed by atoms with Crippen LogP contribution in [-0.4, -0.2) is 28.0 Å². The maximum absolute atomic E-state index is 8.63. The van der Waals surface area contributed by atoms with Gasteiger partial charge in [0.2, 0.25) is 0 Å². The van der Waals surface area contributed by atoms with Gasteiger partial charge < -0.3 is 15.3 Å². The summed E-state index contributed by atoms with van der Waals surface area (Å²) in [5.74, 6) is 0. The zero-order valence-corrected chi connectivity index (χ0v) is 4.83. The molecular weight excluding hydrogens is 108 g/mol. The molecule has 0 saturated carbocycles. The lowest BCUT2D eigenvalue weighted by atomic mass is 10.2. The first-order valence-electron chi connectivity index (χ1n) is 2.56. The van der Waals surface area contributed by atoms with Crippen molar-refractivity contribution in [2.24, 2.45) is 0 Å². The van der Waals surface area contributed by atoms with Crippen molar-refractivity contribution in [3.63, 3.8) is 0 Å². The molecule has 0 heterocycles. The Labute approximate surface area is 48.6 Å². The second-order valence-electron chi connectivity index (χ2n) is 1.54. The lowest BCUT2D eigenvalue weighted by Gasteiger charge is -2.10. The molecule has 49 valence electrons. The molecule has 0 amide bonds. The van der Waals surface area contributed by atoms with E-state index in [1.807, 2.05) is 0 Å². The van der Waals surface area contributed by atoms with Crippen molar-refractivity contribution in [3.05, 3.63) is 6.10 Å². The Kier molecular flexibility index (Phi) is 3.77. The quantitative estimate of drug-likeness (QED) is 0.476. The van der Waals surface area contributed by atoms with Gasteiger partial charge >= 0.3 is 0 Å². The summed E-state index contributed by atoms with van der Waals surface area (Å²) in [4.78, 5) is 0. The number of hydrogen-bond acceptors (Lipinski definition) is 3. The third kappa shape index (κ3) is 2.26. The maximum atomic E-state index is 8.63. The summed E-state index contributed by atoms with van der Waals surface area (Å²) in [6.45, 7) is 1.30. The molecule has 0 rings (SSSR count). The smallest absolute Gasteiger partial charge is 0.124 e. The molecule has 3 heteroatoms. The molecule has 0 aromatic carbocycles. The van der Waals surface area contributed by atoms with Crippen LogP contribution in [0.1, 0.15) is 13.3 Å². The fourth-order valence-corrected chi connectivity index (χ4v) is 0.341. The van der Waals surface area contributed by atoms with E-state index >= 15 is 0 Å². The maximum Gasteiger partial charge on any atom is 0.124 e. The van der Waals surface area contributed by atoms with Gasteiger partial charge in [-0.25, -0.2) is 0 Å². The van der Waals surface area contributed by atoms with Gasteiger partial charge in [0, 0.05) is 0 Å². The molecule has 0 spiro atoms. The van der Waals surface area contributed by atoms with Gasteiger partial charge in [-0.2, -0.15) is 0 Å². The van der Waals surface area contributed by atoms with Gasteiger partial charge in [-0.1, -0.05) is 6.92 Å². The first-order chi connectivity index (χ1) is 3.72. The minimum atomic E-state index is -1.06. The largest absolute Gasteiger partial charge is 0.394 e. The third-order valence-corrected chi connectivity index (χ3v) is 0.920. The van der Waals surface area contributed by atoms with E-state index in [1.54, 1.807) is 6.92 Å². The highest BCUT2D eigenvalue weighted by atomic mass is 16.4.